The third-order valence-corrected chi connectivity index (χ3v) is 5.48. The summed E-state index contributed by atoms with van der Waals surface area (Å²) in [5, 5.41) is -1.30. The number of ether oxygens (including phenoxy) is 1. The van der Waals surface area contributed by atoms with Crippen LogP contribution in [-0.2, 0) is 9.84 Å². The van der Waals surface area contributed by atoms with Crippen LogP contribution in [0.25, 0.3) is 0 Å². The molecule has 1 atom stereocenters. The lowest BCUT2D eigenvalue weighted by Gasteiger charge is -2.15. The van der Waals surface area contributed by atoms with Crippen LogP contribution in [-0.4, -0.2) is 26.6 Å². The molecule has 0 saturated heterocycles. The van der Waals surface area contributed by atoms with Crippen LogP contribution >= 0.6 is 0 Å². The van der Waals surface area contributed by atoms with Gasteiger partial charge in [-0.2, -0.15) is 0 Å². The molecule has 23 heavy (non-hydrogen) atoms. The quantitative estimate of drug-likeness (QED) is 0.604. The van der Waals surface area contributed by atoms with E-state index in [0.29, 0.717) is 5.75 Å². The molecule has 0 N–H and O–H groups in total. The molecular weight excluding hydrogens is 312 g/mol. The Morgan fingerprint density at radius 1 is 1.13 bits per heavy atom. The molecule has 0 aliphatic carbocycles. The minimum Gasteiger partial charge on any atom is -0.497 e. The smallest absolute Gasteiger partial charge is 0.189 e. The molecule has 2 aromatic carbocycles. The molecule has 2 aromatic rings. The second kappa shape index (κ2) is 7.12. The lowest BCUT2D eigenvalue weighted by atomic mass is 10.1. The van der Waals surface area contributed by atoms with Crippen molar-refractivity contribution in [2.45, 2.75) is 16.6 Å². The predicted octanol–water partition coefficient (Wildman–Crippen LogP) is 2.74. The first-order valence-corrected chi connectivity index (χ1v) is 8.46. The van der Waals surface area contributed by atoms with Gasteiger partial charge in [0.25, 0.3) is 0 Å². The third-order valence-electron chi connectivity index (χ3n) is 3.42. The number of Topliss-reactive ketones (excluding diaryl/α,β-unsaturated/α-hetero) is 1. The zero-order valence-corrected chi connectivity index (χ0v) is 13.4. The summed E-state index contributed by atoms with van der Waals surface area (Å²) in [5.41, 5.74) is 0.283. The fourth-order valence-electron chi connectivity index (χ4n) is 2.17. The van der Waals surface area contributed by atoms with E-state index in [4.69, 9.17) is 11.2 Å². The highest BCUT2D eigenvalue weighted by Crippen LogP contribution is 2.22. The van der Waals surface area contributed by atoms with Gasteiger partial charge >= 0.3 is 0 Å². The van der Waals surface area contributed by atoms with Gasteiger partial charge in [-0.3, -0.25) is 4.79 Å². The number of methoxy groups -OCH3 is 1. The molecule has 2 rings (SSSR count). The van der Waals surface area contributed by atoms with Crippen molar-refractivity contribution in [3.8, 4) is 18.1 Å². The molecule has 0 bridgehead atoms. The van der Waals surface area contributed by atoms with Crippen molar-refractivity contribution in [3.63, 3.8) is 0 Å². The maximum atomic E-state index is 12.7. The third kappa shape index (κ3) is 3.61. The number of carbonyl (C=O) groups excluding carboxylic acids is 1. The molecule has 4 nitrogen and oxygen atoms in total. The Morgan fingerprint density at radius 3 is 2.26 bits per heavy atom. The molecule has 0 aliphatic rings. The van der Waals surface area contributed by atoms with E-state index in [1.165, 1.54) is 31.4 Å². The maximum absolute atomic E-state index is 12.7. The standard InChI is InChI=1S/C18H16O4S/c1-3-7-17(23(20,21)16-8-5-4-6-9-16)18(19)14-10-12-15(22-2)13-11-14/h1,4-6,8-13,17H,7H2,2H3. The van der Waals surface area contributed by atoms with Crippen molar-refractivity contribution in [1.82, 2.24) is 0 Å². The van der Waals surface area contributed by atoms with E-state index in [1.54, 1.807) is 30.3 Å². The van der Waals surface area contributed by atoms with Gasteiger partial charge in [0.2, 0.25) is 0 Å². The number of hydrogen-bond acceptors (Lipinski definition) is 4. The van der Waals surface area contributed by atoms with Gasteiger partial charge in [-0.05, 0) is 36.4 Å². The van der Waals surface area contributed by atoms with Crippen molar-refractivity contribution < 1.29 is 17.9 Å². The normalized spacial score (nSPS) is 12.2. The summed E-state index contributed by atoms with van der Waals surface area (Å²) in [6.07, 6.45) is 5.10. The highest BCUT2D eigenvalue weighted by molar-refractivity contribution is 7.92. The molecular formula is C18H16O4S. The molecule has 0 spiro atoms. The Kier molecular flexibility index (Phi) is 5.20. The zero-order chi connectivity index (χ0) is 16.9. The van der Waals surface area contributed by atoms with E-state index in [2.05, 4.69) is 5.92 Å². The average molecular weight is 328 g/mol. The summed E-state index contributed by atoms with van der Waals surface area (Å²) in [6, 6.07) is 14.1. The van der Waals surface area contributed by atoms with Gasteiger partial charge in [-0.25, -0.2) is 8.42 Å². The summed E-state index contributed by atoms with van der Waals surface area (Å²) in [6.45, 7) is 0. The summed E-state index contributed by atoms with van der Waals surface area (Å²) in [5.74, 6) is 2.36. The number of ketones is 1. The topological polar surface area (TPSA) is 60.4 Å². The summed E-state index contributed by atoms with van der Waals surface area (Å²) in [7, 11) is -2.34. The first-order chi connectivity index (χ1) is 11.0. The molecule has 118 valence electrons. The number of benzene rings is 2. The van der Waals surface area contributed by atoms with E-state index in [9.17, 15) is 13.2 Å². The second-order valence-electron chi connectivity index (χ2n) is 4.85. The van der Waals surface area contributed by atoms with Crippen molar-refractivity contribution in [2.24, 2.45) is 0 Å². The average Bonchev–Trinajstić information content (AvgIpc) is 2.60. The van der Waals surface area contributed by atoms with Crippen LogP contribution < -0.4 is 4.74 Å². The Balaban J connectivity index is 2.41. The van der Waals surface area contributed by atoms with Gasteiger partial charge < -0.3 is 4.74 Å². The highest BCUT2D eigenvalue weighted by atomic mass is 32.2. The number of carbonyl (C=O) groups is 1. The molecule has 1 unspecified atom stereocenters. The Hall–Kier alpha value is -2.58. The lowest BCUT2D eigenvalue weighted by Crippen LogP contribution is -2.30. The summed E-state index contributed by atoms with van der Waals surface area (Å²) in [4.78, 5) is 12.7. The summed E-state index contributed by atoms with van der Waals surface area (Å²) < 4.78 is 30.5. The van der Waals surface area contributed by atoms with Crippen molar-refractivity contribution in [1.29, 1.82) is 0 Å². The van der Waals surface area contributed by atoms with Crippen LogP contribution in [0.3, 0.4) is 0 Å². The van der Waals surface area contributed by atoms with E-state index in [-0.39, 0.29) is 16.9 Å². The number of sulfone groups is 1. The second-order valence-corrected chi connectivity index (χ2v) is 6.98. The molecule has 0 heterocycles. The fraction of sp³-hybridized carbons (Fsp3) is 0.167. The van der Waals surface area contributed by atoms with E-state index < -0.39 is 20.9 Å². The van der Waals surface area contributed by atoms with E-state index in [0.717, 1.165) is 0 Å². The molecule has 5 heteroatoms. The van der Waals surface area contributed by atoms with E-state index >= 15 is 0 Å². The van der Waals surface area contributed by atoms with Crippen molar-refractivity contribution in [2.75, 3.05) is 7.11 Å². The van der Waals surface area contributed by atoms with Crippen molar-refractivity contribution in [3.05, 3.63) is 60.2 Å². The molecule has 0 amide bonds. The van der Waals surface area contributed by atoms with E-state index in [1.807, 2.05) is 0 Å². The van der Waals surface area contributed by atoms with Crippen LogP contribution in [0.4, 0.5) is 0 Å². The SMILES string of the molecule is C#CCC(C(=O)c1ccc(OC)cc1)S(=O)(=O)c1ccccc1. The van der Waals surface area contributed by atoms with Crippen LogP contribution in [0.1, 0.15) is 16.8 Å². The number of terminal acetylenes is 1. The van der Waals surface area contributed by atoms with Gasteiger partial charge in [-0.1, -0.05) is 18.2 Å². The Morgan fingerprint density at radius 2 is 1.74 bits per heavy atom. The predicted molar refractivity (Wildman–Crippen MR) is 88.2 cm³/mol. The monoisotopic (exact) mass is 328 g/mol. The molecule has 0 saturated carbocycles. The van der Waals surface area contributed by atoms with Crippen LogP contribution in [0.15, 0.2) is 59.5 Å². The zero-order valence-electron chi connectivity index (χ0n) is 12.6. The van der Waals surface area contributed by atoms with Gasteiger partial charge in [-0.15, -0.1) is 12.3 Å². The minimum atomic E-state index is -3.85. The molecule has 0 radical (unpaired) electrons. The van der Waals surface area contributed by atoms with Gasteiger partial charge in [0.15, 0.2) is 15.6 Å². The van der Waals surface area contributed by atoms with Gasteiger partial charge in [0.05, 0.1) is 12.0 Å². The molecule has 0 aromatic heterocycles. The first kappa shape index (κ1) is 16.8. The molecule has 0 fully saturated rings. The largest absolute Gasteiger partial charge is 0.497 e. The maximum Gasteiger partial charge on any atom is 0.189 e. The van der Waals surface area contributed by atoms with Crippen molar-refractivity contribution >= 4 is 15.6 Å². The van der Waals surface area contributed by atoms with Crippen LogP contribution in [0.2, 0.25) is 0 Å². The minimum absolute atomic E-state index is 0.0853. The fourth-order valence-corrected chi connectivity index (χ4v) is 3.76. The Labute approximate surface area is 136 Å². The van der Waals surface area contributed by atoms with Gasteiger partial charge in [0, 0.05) is 12.0 Å². The molecule has 0 aliphatic heterocycles. The summed E-state index contributed by atoms with van der Waals surface area (Å²) >= 11 is 0. The van der Waals surface area contributed by atoms with Crippen LogP contribution in [0.5, 0.6) is 5.75 Å². The first-order valence-electron chi connectivity index (χ1n) is 6.91. The number of rotatable bonds is 6. The number of hydrogen-bond donors (Lipinski definition) is 0. The van der Waals surface area contributed by atoms with Crippen LogP contribution in [0, 0.1) is 12.3 Å². The highest BCUT2D eigenvalue weighted by Gasteiger charge is 2.33. The lowest BCUT2D eigenvalue weighted by molar-refractivity contribution is 0.0987. The van der Waals surface area contributed by atoms with Gasteiger partial charge in [0.1, 0.15) is 11.0 Å². The Bertz CT molecular complexity index is 816.